The van der Waals surface area contributed by atoms with Crippen molar-refractivity contribution < 1.29 is 4.79 Å². The average Bonchev–Trinajstić information content (AvgIpc) is 2.95. The molecule has 3 rings (SSSR count). The maximum Gasteiger partial charge on any atom is 0.220 e. The molecular weight excluding hydrogens is 308 g/mol. The monoisotopic (exact) mass is 330 g/mol. The average molecular weight is 331 g/mol. The molecule has 3 nitrogen and oxygen atoms in total. The number of carbonyl (C=O) groups is 1. The third-order valence-electron chi connectivity index (χ3n) is 4.48. The van der Waals surface area contributed by atoms with E-state index in [2.05, 4.69) is 29.6 Å². The van der Waals surface area contributed by atoms with E-state index in [0.717, 1.165) is 30.6 Å². The molecule has 2 aromatic rings. The van der Waals surface area contributed by atoms with Gasteiger partial charge in [-0.05, 0) is 42.0 Å². The normalized spacial score (nSPS) is 15.6. The van der Waals surface area contributed by atoms with Crippen LogP contribution in [-0.4, -0.2) is 12.5 Å². The first-order valence-electron chi connectivity index (χ1n) is 7.92. The van der Waals surface area contributed by atoms with Gasteiger partial charge in [-0.2, -0.15) is 0 Å². The summed E-state index contributed by atoms with van der Waals surface area (Å²) < 4.78 is 0. The number of nitrogen functional groups attached to an aromatic ring is 1. The summed E-state index contributed by atoms with van der Waals surface area (Å²) >= 11 is 0. The third kappa shape index (κ3) is 4.26. The van der Waals surface area contributed by atoms with Crippen molar-refractivity contribution >= 4 is 24.0 Å². The Kier molecular flexibility index (Phi) is 6.05. The predicted molar refractivity (Wildman–Crippen MR) is 96.9 cm³/mol. The molecule has 0 aromatic heterocycles. The summed E-state index contributed by atoms with van der Waals surface area (Å²) in [5, 5.41) is 3.08. The molecule has 0 heterocycles. The maximum absolute atomic E-state index is 12.0. The second-order valence-corrected chi connectivity index (χ2v) is 5.94. The largest absolute Gasteiger partial charge is 0.399 e. The van der Waals surface area contributed by atoms with E-state index in [9.17, 15) is 4.79 Å². The number of hydrogen-bond acceptors (Lipinski definition) is 2. The molecule has 1 amide bonds. The van der Waals surface area contributed by atoms with Crippen LogP contribution < -0.4 is 11.1 Å². The maximum atomic E-state index is 12.0. The number of hydrogen-bond donors (Lipinski definition) is 2. The van der Waals surface area contributed by atoms with Crippen molar-refractivity contribution in [2.75, 3.05) is 12.3 Å². The van der Waals surface area contributed by atoms with E-state index in [1.807, 2.05) is 24.3 Å². The zero-order valence-corrected chi connectivity index (χ0v) is 13.9. The summed E-state index contributed by atoms with van der Waals surface area (Å²) in [7, 11) is 0. The Labute approximate surface area is 143 Å². The standard InChI is InChI=1S/C19H22N2O.ClH/c20-18-8-4-2-6-15(18)11-12-19(22)21-13-16-10-9-14-5-1-3-7-17(14)16;/h1-8,16H,9-13,20H2,(H,21,22);1H. The summed E-state index contributed by atoms with van der Waals surface area (Å²) in [6.45, 7) is 0.736. The number of aryl methyl sites for hydroxylation is 2. The van der Waals surface area contributed by atoms with Crippen molar-refractivity contribution in [3.05, 3.63) is 65.2 Å². The van der Waals surface area contributed by atoms with E-state index < -0.39 is 0 Å². The van der Waals surface area contributed by atoms with Crippen LogP contribution in [0, 0.1) is 0 Å². The van der Waals surface area contributed by atoms with Gasteiger partial charge in [0, 0.05) is 24.6 Å². The Bertz CT molecular complexity index is 672. The van der Waals surface area contributed by atoms with Crippen LogP contribution in [0.1, 0.15) is 35.4 Å². The molecule has 1 aliphatic rings. The first-order chi connectivity index (χ1) is 10.7. The Morgan fingerprint density at radius 3 is 2.70 bits per heavy atom. The van der Waals surface area contributed by atoms with Crippen LogP contribution in [0.3, 0.4) is 0 Å². The van der Waals surface area contributed by atoms with Crippen LogP contribution in [0.2, 0.25) is 0 Å². The summed E-state index contributed by atoms with van der Waals surface area (Å²) in [6, 6.07) is 16.3. The molecule has 4 heteroatoms. The van der Waals surface area contributed by atoms with Crippen molar-refractivity contribution in [3.8, 4) is 0 Å². The smallest absolute Gasteiger partial charge is 0.220 e. The number of fused-ring (bicyclic) bond motifs is 1. The second kappa shape index (κ2) is 8.02. The molecule has 122 valence electrons. The Morgan fingerprint density at radius 2 is 1.87 bits per heavy atom. The fraction of sp³-hybridized carbons (Fsp3) is 0.316. The molecule has 0 radical (unpaired) electrons. The lowest BCUT2D eigenvalue weighted by Crippen LogP contribution is -2.28. The lowest BCUT2D eigenvalue weighted by molar-refractivity contribution is -0.121. The molecule has 1 atom stereocenters. The lowest BCUT2D eigenvalue weighted by atomic mass is 10.0. The highest BCUT2D eigenvalue weighted by atomic mass is 35.5. The zero-order valence-electron chi connectivity index (χ0n) is 13.1. The molecule has 2 aromatic carbocycles. The van der Waals surface area contributed by atoms with Gasteiger partial charge in [0.15, 0.2) is 0 Å². The molecule has 1 aliphatic carbocycles. The Hall–Kier alpha value is -2.00. The molecule has 0 saturated heterocycles. The van der Waals surface area contributed by atoms with Crippen molar-refractivity contribution in [2.45, 2.75) is 31.6 Å². The number of nitrogens with one attached hydrogen (secondary N) is 1. The fourth-order valence-electron chi connectivity index (χ4n) is 3.19. The molecule has 0 saturated carbocycles. The van der Waals surface area contributed by atoms with Crippen molar-refractivity contribution in [2.24, 2.45) is 0 Å². The Morgan fingerprint density at radius 1 is 1.13 bits per heavy atom. The number of amides is 1. The minimum atomic E-state index is 0. The Balaban J connectivity index is 0.00000192. The SMILES string of the molecule is Cl.Nc1ccccc1CCC(=O)NCC1CCc2ccccc21. The van der Waals surface area contributed by atoms with Crippen LogP contribution >= 0.6 is 12.4 Å². The summed E-state index contributed by atoms with van der Waals surface area (Å²) in [6.07, 6.45) is 3.44. The third-order valence-corrected chi connectivity index (χ3v) is 4.48. The van der Waals surface area contributed by atoms with Gasteiger partial charge >= 0.3 is 0 Å². The number of nitrogens with two attached hydrogens (primary N) is 1. The van der Waals surface area contributed by atoms with Crippen molar-refractivity contribution in [3.63, 3.8) is 0 Å². The number of rotatable bonds is 5. The predicted octanol–water partition coefficient (Wildman–Crippen LogP) is 3.47. The van der Waals surface area contributed by atoms with Crippen LogP contribution in [0.4, 0.5) is 5.69 Å². The number of anilines is 1. The van der Waals surface area contributed by atoms with Gasteiger partial charge in [0.1, 0.15) is 0 Å². The fourth-order valence-corrected chi connectivity index (χ4v) is 3.19. The quantitative estimate of drug-likeness (QED) is 0.825. The van der Waals surface area contributed by atoms with Gasteiger partial charge in [-0.15, -0.1) is 12.4 Å². The van der Waals surface area contributed by atoms with Crippen molar-refractivity contribution in [1.82, 2.24) is 5.32 Å². The molecule has 0 spiro atoms. The van der Waals surface area contributed by atoms with Crippen molar-refractivity contribution in [1.29, 1.82) is 0 Å². The molecule has 3 N–H and O–H groups in total. The van der Waals surface area contributed by atoms with E-state index in [1.165, 1.54) is 11.1 Å². The van der Waals surface area contributed by atoms with Gasteiger partial charge in [0.05, 0.1) is 0 Å². The summed E-state index contributed by atoms with van der Waals surface area (Å²) in [5.41, 5.74) is 10.5. The van der Waals surface area contributed by atoms with Gasteiger partial charge in [-0.1, -0.05) is 42.5 Å². The first-order valence-corrected chi connectivity index (χ1v) is 7.92. The van der Waals surface area contributed by atoms with E-state index in [0.29, 0.717) is 18.8 Å². The topological polar surface area (TPSA) is 55.1 Å². The molecule has 0 fully saturated rings. The van der Waals surface area contributed by atoms with Crippen LogP contribution in [0.25, 0.3) is 0 Å². The van der Waals surface area contributed by atoms with Gasteiger partial charge in [-0.3, -0.25) is 4.79 Å². The van der Waals surface area contributed by atoms with E-state index in [1.54, 1.807) is 0 Å². The highest BCUT2D eigenvalue weighted by molar-refractivity contribution is 5.85. The van der Waals surface area contributed by atoms with E-state index in [4.69, 9.17) is 5.73 Å². The molecule has 0 aliphatic heterocycles. The molecule has 0 bridgehead atoms. The van der Waals surface area contributed by atoms with Gasteiger partial charge < -0.3 is 11.1 Å². The van der Waals surface area contributed by atoms with E-state index in [-0.39, 0.29) is 18.3 Å². The molecule has 1 unspecified atom stereocenters. The van der Waals surface area contributed by atoms with Crippen LogP contribution in [-0.2, 0) is 17.6 Å². The van der Waals surface area contributed by atoms with Gasteiger partial charge in [0.25, 0.3) is 0 Å². The number of para-hydroxylation sites is 1. The van der Waals surface area contributed by atoms with Gasteiger partial charge in [0.2, 0.25) is 5.91 Å². The van der Waals surface area contributed by atoms with Gasteiger partial charge in [-0.25, -0.2) is 0 Å². The minimum absolute atomic E-state index is 0. The first kappa shape index (κ1) is 17.4. The number of benzene rings is 2. The highest BCUT2D eigenvalue weighted by Crippen LogP contribution is 2.32. The van der Waals surface area contributed by atoms with Crippen LogP contribution in [0.5, 0.6) is 0 Å². The lowest BCUT2D eigenvalue weighted by Gasteiger charge is -2.13. The highest BCUT2D eigenvalue weighted by Gasteiger charge is 2.22. The molecular formula is C19H23ClN2O. The number of halogens is 1. The second-order valence-electron chi connectivity index (χ2n) is 5.94. The summed E-state index contributed by atoms with van der Waals surface area (Å²) in [5.74, 6) is 0.564. The zero-order chi connectivity index (χ0) is 15.4. The minimum Gasteiger partial charge on any atom is -0.399 e. The summed E-state index contributed by atoms with van der Waals surface area (Å²) in [4.78, 5) is 12.0. The van der Waals surface area contributed by atoms with E-state index >= 15 is 0 Å². The molecule has 23 heavy (non-hydrogen) atoms. The number of carbonyl (C=O) groups excluding carboxylic acids is 1. The van der Waals surface area contributed by atoms with Crippen LogP contribution in [0.15, 0.2) is 48.5 Å².